The Morgan fingerprint density at radius 1 is 1.00 bits per heavy atom. The summed E-state index contributed by atoms with van der Waals surface area (Å²) in [5.41, 5.74) is -3.81. The predicted molar refractivity (Wildman–Crippen MR) is 138 cm³/mol. The van der Waals surface area contributed by atoms with Crippen molar-refractivity contribution >= 4 is 21.7 Å². The molecule has 2 N–H and O–H groups in total. The number of aryl methyl sites for hydroxylation is 1. The van der Waals surface area contributed by atoms with Crippen molar-refractivity contribution in [3.63, 3.8) is 0 Å². The second-order valence-electron chi connectivity index (χ2n) is 11.6. The Kier molecular flexibility index (Phi) is 7.23. The van der Waals surface area contributed by atoms with Crippen LogP contribution < -0.4 is 5.32 Å². The molecule has 1 unspecified atom stereocenters. The van der Waals surface area contributed by atoms with Crippen molar-refractivity contribution in [3.05, 3.63) is 65.0 Å². The van der Waals surface area contributed by atoms with Gasteiger partial charge in [0.25, 0.3) is 0 Å². The lowest BCUT2D eigenvalue weighted by molar-refractivity contribution is -0.228. The molecule has 0 saturated heterocycles. The van der Waals surface area contributed by atoms with E-state index in [1.165, 1.54) is 6.07 Å². The number of carboxylic acid groups (broad SMARTS) is 1. The van der Waals surface area contributed by atoms with Crippen LogP contribution in [0.25, 0.3) is 0 Å². The highest BCUT2D eigenvalue weighted by atomic mass is 32.2. The molecule has 12 heteroatoms. The molecule has 2 aromatic rings. The Hall–Kier alpha value is -3.02. The molecule has 3 aliphatic rings. The van der Waals surface area contributed by atoms with Gasteiger partial charge in [-0.25, -0.2) is 17.2 Å². The van der Waals surface area contributed by atoms with Crippen LogP contribution in [-0.2, 0) is 36.3 Å². The maximum absolute atomic E-state index is 14.9. The summed E-state index contributed by atoms with van der Waals surface area (Å²) in [6.07, 6.45) is -3.60. The standard InChI is InChI=1S/C29H30F5NO5S/c1-27(31,29(32,33)34)18-4-11-23-16(14-18)3-10-24-22(25(36)35-20-7-2-17(15-20)26(37)38)12-13-28(23,24)41(39,40)21-8-5-19(30)6-9-21/h4-6,8-9,11,14,17,20,22,24H,2-3,7,10,12-13,15H2,1H3,(H,35,36)(H,37,38)/t17-,20-,22+,24-,27?,28+/m0/s1. The first-order valence-electron chi connectivity index (χ1n) is 13.5. The van der Waals surface area contributed by atoms with E-state index >= 15 is 0 Å². The first kappa shape index (κ1) is 29.5. The van der Waals surface area contributed by atoms with Crippen molar-refractivity contribution in [1.29, 1.82) is 0 Å². The number of rotatable bonds is 6. The van der Waals surface area contributed by atoms with E-state index in [-0.39, 0.29) is 54.2 Å². The molecule has 2 saturated carbocycles. The molecule has 6 nitrogen and oxygen atoms in total. The van der Waals surface area contributed by atoms with Crippen LogP contribution in [0.3, 0.4) is 0 Å². The number of aliphatic carboxylic acids is 1. The number of nitrogens with one attached hydrogen (secondary N) is 1. The smallest absolute Gasteiger partial charge is 0.426 e. The highest BCUT2D eigenvalue weighted by Gasteiger charge is 2.62. The molecule has 5 rings (SSSR count). The van der Waals surface area contributed by atoms with E-state index in [4.69, 9.17) is 0 Å². The monoisotopic (exact) mass is 599 g/mol. The highest BCUT2D eigenvalue weighted by Crippen LogP contribution is 2.59. The molecule has 41 heavy (non-hydrogen) atoms. The third-order valence-electron chi connectivity index (χ3n) is 9.34. The zero-order valence-electron chi connectivity index (χ0n) is 22.2. The number of halogens is 5. The first-order chi connectivity index (χ1) is 19.1. The molecule has 2 aromatic carbocycles. The quantitative estimate of drug-likeness (QED) is 0.334. The van der Waals surface area contributed by atoms with Crippen LogP contribution in [0.2, 0.25) is 0 Å². The fourth-order valence-electron chi connectivity index (χ4n) is 7.09. The Labute approximate surface area is 234 Å². The molecular weight excluding hydrogens is 569 g/mol. The first-order valence-corrected chi connectivity index (χ1v) is 15.0. The molecule has 2 fully saturated rings. The van der Waals surface area contributed by atoms with Gasteiger partial charge in [-0.2, -0.15) is 13.2 Å². The van der Waals surface area contributed by atoms with Gasteiger partial charge in [-0.3, -0.25) is 9.59 Å². The van der Waals surface area contributed by atoms with Gasteiger partial charge < -0.3 is 10.4 Å². The summed E-state index contributed by atoms with van der Waals surface area (Å²) in [7, 11) is -4.32. The average Bonchev–Trinajstić information content (AvgIpc) is 3.54. The van der Waals surface area contributed by atoms with E-state index in [0.29, 0.717) is 19.8 Å². The van der Waals surface area contributed by atoms with Crippen molar-refractivity contribution in [2.24, 2.45) is 17.8 Å². The number of fused-ring (bicyclic) bond motifs is 3. The Balaban J connectivity index is 1.56. The van der Waals surface area contributed by atoms with E-state index in [2.05, 4.69) is 5.32 Å². The van der Waals surface area contributed by atoms with Gasteiger partial charge in [0.2, 0.25) is 11.6 Å². The summed E-state index contributed by atoms with van der Waals surface area (Å²) in [6.45, 7) is 0.416. The lowest BCUT2D eigenvalue weighted by Crippen LogP contribution is -2.48. The van der Waals surface area contributed by atoms with Crippen molar-refractivity contribution in [3.8, 4) is 0 Å². The van der Waals surface area contributed by atoms with Gasteiger partial charge in [-0.1, -0.05) is 18.2 Å². The number of amides is 1. The molecule has 0 radical (unpaired) electrons. The zero-order valence-corrected chi connectivity index (χ0v) is 23.0. The van der Waals surface area contributed by atoms with Crippen molar-refractivity contribution < 1.29 is 45.1 Å². The highest BCUT2D eigenvalue weighted by molar-refractivity contribution is 7.92. The van der Waals surface area contributed by atoms with Crippen molar-refractivity contribution in [1.82, 2.24) is 5.32 Å². The van der Waals surface area contributed by atoms with Gasteiger partial charge in [0.15, 0.2) is 9.84 Å². The number of sulfone groups is 1. The maximum Gasteiger partial charge on any atom is 0.426 e. The summed E-state index contributed by atoms with van der Waals surface area (Å²) < 4.78 is 96.0. The number of hydrogen-bond donors (Lipinski definition) is 2. The average molecular weight is 600 g/mol. The molecule has 1 amide bonds. The van der Waals surface area contributed by atoms with Crippen LogP contribution in [-0.4, -0.2) is 37.6 Å². The normalized spacial score (nSPS) is 29.3. The van der Waals surface area contributed by atoms with Crippen LogP contribution in [0, 0.1) is 23.6 Å². The zero-order chi connectivity index (χ0) is 30.0. The molecule has 0 bridgehead atoms. The summed E-state index contributed by atoms with van der Waals surface area (Å²) in [4.78, 5) is 24.7. The Morgan fingerprint density at radius 2 is 1.68 bits per heavy atom. The fraction of sp³-hybridized carbons (Fsp3) is 0.517. The molecule has 222 valence electrons. The van der Waals surface area contributed by atoms with Crippen LogP contribution in [0.15, 0.2) is 47.4 Å². The van der Waals surface area contributed by atoms with Crippen LogP contribution >= 0.6 is 0 Å². The van der Waals surface area contributed by atoms with Crippen molar-refractivity contribution in [2.45, 2.75) is 79.4 Å². The van der Waals surface area contributed by atoms with Crippen LogP contribution in [0.1, 0.15) is 62.1 Å². The van der Waals surface area contributed by atoms with E-state index in [1.807, 2.05) is 0 Å². The van der Waals surface area contributed by atoms with E-state index in [9.17, 15) is 45.1 Å². The third-order valence-corrected chi connectivity index (χ3v) is 11.9. The minimum atomic E-state index is -5.19. The largest absolute Gasteiger partial charge is 0.481 e. The number of carbonyl (C=O) groups excluding carboxylic acids is 1. The molecule has 3 aliphatic carbocycles. The van der Waals surface area contributed by atoms with Gasteiger partial charge in [-0.05, 0) is 98.7 Å². The van der Waals surface area contributed by atoms with Crippen LogP contribution in [0.4, 0.5) is 22.0 Å². The number of carbonyl (C=O) groups is 2. The molecule has 0 heterocycles. The minimum absolute atomic E-state index is 0.0175. The van der Waals surface area contributed by atoms with Gasteiger partial charge in [0, 0.05) is 12.0 Å². The predicted octanol–water partition coefficient (Wildman–Crippen LogP) is 5.58. The van der Waals surface area contributed by atoms with Gasteiger partial charge in [0.1, 0.15) is 10.6 Å². The molecular formula is C29H30F5NO5S. The molecule has 0 aliphatic heterocycles. The Bertz CT molecular complexity index is 1470. The van der Waals surface area contributed by atoms with E-state index in [1.54, 1.807) is 0 Å². The van der Waals surface area contributed by atoms with Crippen LogP contribution in [0.5, 0.6) is 0 Å². The number of benzene rings is 2. The lowest BCUT2D eigenvalue weighted by atomic mass is 9.72. The third kappa shape index (κ3) is 4.71. The second kappa shape index (κ2) is 10.1. The van der Waals surface area contributed by atoms with E-state index < -0.39 is 67.4 Å². The summed E-state index contributed by atoms with van der Waals surface area (Å²) in [5.74, 6) is -4.08. The molecule has 0 spiro atoms. The summed E-state index contributed by atoms with van der Waals surface area (Å²) in [5, 5.41) is 12.2. The summed E-state index contributed by atoms with van der Waals surface area (Å²) in [6, 6.07) is 7.14. The Morgan fingerprint density at radius 3 is 2.29 bits per heavy atom. The maximum atomic E-state index is 14.9. The number of hydrogen-bond acceptors (Lipinski definition) is 4. The lowest BCUT2D eigenvalue weighted by Gasteiger charge is -2.42. The van der Waals surface area contributed by atoms with E-state index in [0.717, 1.165) is 36.4 Å². The summed E-state index contributed by atoms with van der Waals surface area (Å²) >= 11 is 0. The van der Waals surface area contributed by atoms with Gasteiger partial charge in [0.05, 0.1) is 10.8 Å². The van der Waals surface area contributed by atoms with Gasteiger partial charge >= 0.3 is 12.1 Å². The second-order valence-corrected chi connectivity index (χ2v) is 13.8. The molecule has 0 aromatic heterocycles. The topological polar surface area (TPSA) is 101 Å². The fourth-order valence-corrected chi connectivity index (χ4v) is 9.56. The SMILES string of the molecule is CC(F)(c1ccc2c(c1)CC[C@H]1[C@H](C(=O)N[C@H]3CC[C@H](C(=O)O)C3)CC[C@@]21S(=O)(=O)c1ccc(F)cc1)C(F)(F)F. The van der Waals surface area contributed by atoms with Gasteiger partial charge in [-0.15, -0.1) is 0 Å². The number of carboxylic acids is 1. The number of alkyl halides is 4. The molecule has 6 atom stereocenters. The minimum Gasteiger partial charge on any atom is -0.481 e. The van der Waals surface area contributed by atoms with Crippen molar-refractivity contribution in [2.75, 3.05) is 0 Å².